The summed E-state index contributed by atoms with van der Waals surface area (Å²) in [5.74, 6) is -0.0777. The second-order valence-corrected chi connectivity index (χ2v) is 9.15. The molecule has 0 unspecified atom stereocenters. The number of benzene rings is 3. The summed E-state index contributed by atoms with van der Waals surface area (Å²) in [5.41, 5.74) is 5.45. The molecule has 4 aromatic rings. The van der Waals surface area contributed by atoms with Crippen molar-refractivity contribution < 1.29 is 4.79 Å². The number of rotatable bonds is 5. The minimum atomic E-state index is -0.263. The van der Waals surface area contributed by atoms with Crippen LogP contribution in [0, 0.1) is 0 Å². The lowest BCUT2D eigenvalue weighted by atomic mass is 9.91. The van der Waals surface area contributed by atoms with Crippen LogP contribution in [0.25, 0.3) is 22.0 Å². The van der Waals surface area contributed by atoms with Gasteiger partial charge >= 0.3 is 0 Å². The third kappa shape index (κ3) is 4.28. The summed E-state index contributed by atoms with van der Waals surface area (Å²) >= 11 is 6.37. The molecule has 1 aliphatic heterocycles. The van der Waals surface area contributed by atoms with Crippen molar-refractivity contribution in [3.8, 4) is 11.1 Å². The summed E-state index contributed by atoms with van der Waals surface area (Å²) in [7, 11) is 0. The van der Waals surface area contributed by atoms with Crippen LogP contribution in [0.3, 0.4) is 0 Å². The van der Waals surface area contributed by atoms with Crippen molar-refractivity contribution >= 4 is 34.1 Å². The average molecular weight is 484 g/mol. The third-order valence-electron chi connectivity index (χ3n) is 6.57. The molecule has 1 amide bonds. The largest absolute Gasteiger partial charge is 0.321 e. The molecule has 0 saturated heterocycles. The molecule has 0 aliphatic carbocycles. The molecule has 0 spiro atoms. The van der Waals surface area contributed by atoms with E-state index in [1.165, 1.54) is 5.56 Å². The van der Waals surface area contributed by atoms with Crippen molar-refractivity contribution in [2.75, 3.05) is 0 Å². The average Bonchev–Trinajstić information content (AvgIpc) is 3.33. The number of hydrogen-bond acceptors (Lipinski definition) is 3. The Balaban J connectivity index is 1.71. The Labute approximate surface area is 209 Å². The van der Waals surface area contributed by atoms with Crippen LogP contribution in [0.5, 0.6) is 0 Å². The van der Waals surface area contributed by atoms with Gasteiger partial charge in [0.1, 0.15) is 0 Å². The number of hydrazone groups is 1. The number of nitrogens with one attached hydrogen (secondary N) is 1. The molecule has 1 aromatic heterocycles. The number of halogens is 1. The Kier molecular flexibility index (Phi) is 6.27. The van der Waals surface area contributed by atoms with E-state index in [0.717, 1.165) is 28.5 Å². The normalized spacial score (nSPS) is 15.5. The first-order chi connectivity index (χ1) is 17.0. The van der Waals surface area contributed by atoms with Crippen LogP contribution in [0.4, 0.5) is 0 Å². The summed E-state index contributed by atoms with van der Waals surface area (Å²) in [6.45, 7) is 3.94. The van der Waals surface area contributed by atoms with Crippen molar-refractivity contribution in [3.63, 3.8) is 0 Å². The minimum absolute atomic E-state index is 0.0777. The molecule has 0 fully saturated rings. The first kappa shape index (κ1) is 23.1. The Morgan fingerprint density at radius 2 is 1.77 bits per heavy atom. The van der Waals surface area contributed by atoms with E-state index in [1.807, 2.05) is 49.4 Å². The van der Waals surface area contributed by atoms with Crippen molar-refractivity contribution in [1.29, 1.82) is 0 Å². The first-order valence-electron chi connectivity index (χ1n) is 11.9. The van der Waals surface area contributed by atoms with E-state index >= 15 is 0 Å². The van der Waals surface area contributed by atoms with Gasteiger partial charge in [-0.25, -0.2) is 5.01 Å². The van der Waals surface area contributed by atoms with Gasteiger partial charge in [-0.2, -0.15) is 5.10 Å². The predicted octanol–water partition coefficient (Wildman–Crippen LogP) is 6.50. The van der Waals surface area contributed by atoms with Gasteiger partial charge in [-0.1, -0.05) is 80.0 Å². The first-order valence-corrected chi connectivity index (χ1v) is 12.3. The summed E-state index contributed by atoms with van der Waals surface area (Å²) in [6, 6.07) is 23.2. The Hall–Kier alpha value is -3.70. The van der Waals surface area contributed by atoms with Gasteiger partial charge in [-0.15, -0.1) is 0 Å². The van der Waals surface area contributed by atoms with E-state index in [0.29, 0.717) is 34.7 Å². The predicted molar refractivity (Wildman–Crippen MR) is 142 cm³/mol. The second kappa shape index (κ2) is 9.51. The molecule has 0 bridgehead atoms. The number of pyridine rings is 1. The maximum absolute atomic E-state index is 13.5. The molecule has 0 radical (unpaired) electrons. The number of aryl methyl sites for hydroxylation is 1. The number of amides is 1. The van der Waals surface area contributed by atoms with Crippen LogP contribution < -0.4 is 5.56 Å². The van der Waals surface area contributed by atoms with Gasteiger partial charge in [0, 0.05) is 34.3 Å². The zero-order valence-corrected chi connectivity index (χ0v) is 20.5. The van der Waals surface area contributed by atoms with E-state index in [9.17, 15) is 9.59 Å². The number of hydrogen-bond donors (Lipinski definition) is 1. The minimum Gasteiger partial charge on any atom is -0.321 e. The van der Waals surface area contributed by atoms with Crippen LogP contribution in [0.1, 0.15) is 49.4 Å². The van der Waals surface area contributed by atoms with Crippen molar-refractivity contribution in [3.05, 3.63) is 105 Å². The molecular weight excluding hydrogens is 458 g/mol. The van der Waals surface area contributed by atoms with Crippen LogP contribution >= 0.6 is 11.6 Å². The van der Waals surface area contributed by atoms with Gasteiger partial charge < -0.3 is 4.98 Å². The highest BCUT2D eigenvalue weighted by Crippen LogP contribution is 2.37. The summed E-state index contributed by atoms with van der Waals surface area (Å²) in [6.07, 6.45) is 1.72. The fourth-order valence-electron chi connectivity index (χ4n) is 4.73. The van der Waals surface area contributed by atoms with Crippen molar-refractivity contribution in [2.24, 2.45) is 5.10 Å². The molecule has 0 saturated carbocycles. The third-order valence-corrected chi connectivity index (χ3v) is 6.80. The Morgan fingerprint density at radius 1 is 1.03 bits per heavy atom. The Bertz CT molecular complexity index is 1490. The van der Waals surface area contributed by atoms with Gasteiger partial charge in [-0.3, -0.25) is 9.59 Å². The number of fused-ring (bicyclic) bond motifs is 1. The molecule has 5 rings (SSSR count). The second-order valence-electron chi connectivity index (χ2n) is 8.71. The van der Waals surface area contributed by atoms with E-state index < -0.39 is 0 Å². The number of nitrogens with zero attached hydrogens (tertiary/aromatic N) is 2. The van der Waals surface area contributed by atoms with Crippen molar-refractivity contribution in [1.82, 2.24) is 9.99 Å². The lowest BCUT2D eigenvalue weighted by Gasteiger charge is -2.21. The lowest BCUT2D eigenvalue weighted by Crippen LogP contribution is -2.26. The Morgan fingerprint density at radius 3 is 2.46 bits per heavy atom. The lowest BCUT2D eigenvalue weighted by molar-refractivity contribution is -0.132. The number of aromatic nitrogens is 1. The molecule has 3 aromatic carbocycles. The highest BCUT2D eigenvalue weighted by Gasteiger charge is 2.34. The quantitative estimate of drug-likeness (QED) is 0.352. The molecule has 2 heterocycles. The van der Waals surface area contributed by atoms with Crippen LogP contribution in [0.2, 0.25) is 5.02 Å². The topological polar surface area (TPSA) is 65.5 Å². The molecular formula is C29H26ClN3O2. The van der Waals surface area contributed by atoms with Crippen LogP contribution in [-0.4, -0.2) is 21.6 Å². The van der Waals surface area contributed by atoms with Gasteiger partial charge in [0.25, 0.3) is 5.56 Å². The molecule has 1 atom stereocenters. The van der Waals surface area contributed by atoms with E-state index in [1.54, 1.807) is 11.1 Å². The zero-order valence-electron chi connectivity index (χ0n) is 19.7. The fourth-order valence-corrected chi connectivity index (χ4v) is 4.91. The number of H-pyrrole nitrogens is 1. The van der Waals surface area contributed by atoms with Gasteiger partial charge in [0.05, 0.1) is 17.3 Å². The van der Waals surface area contributed by atoms with Crippen molar-refractivity contribution in [2.45, 2.75) is 39.2 Å². The van der Waals surface area contributed by atoms with Gasteiger partial charge in [0.2, 0.25) is 5.91 Å². The molecule has 5 nitrogen and oxygen atoms in total. The SMILES string of the molecule is CCC(=O)N1N=C(c2c(-c3ccccc3)c3cc(Cl)ccc3[nH]c2=O)C[C@H]1c1ccc(CC)cc1. The maximum Gasteiger partial charge on any atom is 0.258 e. The van der Waals surface area contributed by atoms with E-state index in [2.05, 4.69) is 36.2 Å². The summed E-state index contributed by atoms with van der Waals surface area (Å²) < 4.78 is 0. The maximum atomic E-state index is 13.5. The zero-order chi connectivity index (χ0) is 24.5. The highest BCUT2D eigenvalue weighted by atomic mass is 35.5. The van der Waals surface area contributed by atoms with E-state index in [4.69, 9.17) is 16.7 Å². The van der Waals surface area contributed by atoms with Gasteiger partial charge in [-0.05, 0) is 41.3 Å². The molecule has 6 heteroatoms. The van der Waals surface area contributed by atoms with E-state index in [-0.39, 0.29) is 17.5 Å². The number of aromatic amines is 1. The number of carbonyl (C=O) groups is 1. The van der Waals surface area contributed by atoms with Crippen LogP contribution in [-0.2, 0) is 11.2 Å². The number of carbonyl (C=O) groups excluding carboxylic acids is 1. The smallest absolute Gasteiger partial charge is 0.258 e. The summed E-state index contributed by atoms with van der Waals surface area (Å²) in [4.78, 5) is 29.4. The van der Waals surface area contributed by atoms with Crippen LogP contribution in [0.15, 0.2) is 82.7 Å². The molecule has 1 aliphatic rings. The molecule has 176 valence electrons. The standard InChI is InChI=1S/C29H26ClN3O2/c1-3-18-10-12-19(13-11-18)25-17-24(32-33(25)26(34)4-2)28-27(20-8-6-5-7-9-20)22-16-21(30)14-15-23(22)31-29(28)35/h5-16,25H,3-4,17H2,1-2H3,(H,31,35)/t25-/m0/s1. The highest BCUT2D eigenvalue weighted by molar-refractivity contribution is 6.31. The molecule has 35 heavy (non-hydrogen) atoms. The fraction of sp³-hybridized carbons (Fsp3) is 0.207. The monoisotopic (exact) mass is 483 g/mol. The summed E-state index contributed by atoms with van der Waals surface area (Å²) in [5, 5.41) is 7.72. The van der Waals surface area contributed by atoms with Gasteiger partial charge in [0.15, 0.2) is 0 Å². The molecule has 1 N–H and O–H groups in total.